The van der Waals surface area contributed by atoms with Crippen LogP contribution in [0.15, 0.2) is 24.3 Å². The summed E-state index contributed by atoms with van der Waals surface area (Å²) in [5, 5.41) is 6.46. The molecule has 104 valence electrons. The standard InChI is InChI=1S/C16H24N2O/c1-12-5-3-7-15(9-12)13(2)18-16(19)10-14-6-4-8-17-11-14/h3,5,7,9,13-14,17H,4,6,8,10-11H2,1-2H3,(H,18,19)/t13-,14?/m1/s1. The van der Waals surface area contributed by atoms with Gasteiger partial charge in [0.25, 0.3) is 0 Å². The molecule has 1 aromatic carbocycles. The lowest BCUT2D eigenvalue weighted by Gasteiger charge is -2.23. The number of piperidine rings is 1. The van der Waals surface area contributed by atoms with Gasteiger partial charge in [-0.1, -0.05) is 29.8 Å². The van der Waals surface area contributed by atoms with Gasteiger partial charge in [-0.15, -0.1) is 0 Å². The molecule has 2 atom stereocenters. The number of amides is 1. The Kier molecular flexibility index (Phi) is 4.97. The van der Waals surface area contributed by atoms with Crippen molar-refractivity contribution in [3.8, 4) is 0 Å². The van der Waals surface area contributed by atoms with Crippen molar-refractivity contribution in [2.75, 3.05) is 13.1 Å². The van der Waals surface area contributed by atoms with Crippen molar-refractivity contribution in [2.24, 2.45) is 5.92 Å². The number of carbonyl (C=O) groups is 1. The first-order valence-corrected chi connectivity index (χ1v) is 7.22. The Morgan fingerprint density at radius 3 is 3.05 bits per heavy atom. The van der Waals surface area contributed by atoms with Gasteiger partial charge in [-0.25, -0.2) is 0 Å². The number of rotatable bonds is 4. The van der Waals surface area contributed by atoms with E-state index in [-0.39, 0.29) is 11.9 Å². The van der Waals surface area contributed by atoms with Crippen LogP contribution in [-0.2, 0) is 4.79 Å². The molecule has 3 heteroatoms. The minimum absolute atomic E-state index is 0.0870. The first kappa shape index (κ1) is 14.1. The second kappa shape index (κ2) is 6.71. The summed E-state index contributed by atoms with van der Waals surface area (Å²) in [7, 11) is 0. The zero-order valence-corrected chi connectivity index (χ0v) is 11.9. The van der Waals surface area contributed by atoms with Crippen LogP contribution in [-0.4, -0.2) is 19.0 Å². The van der Waals surface area contributed by atoms with Gasteiger partial charge in [0.2, 0.25) is 5.91 Å². The molecule has 1 unspecified atom stereocenters. The van der Waals surface area contributed by atoms with Crippen LogP contribution >= 0.6 is 0 Å². The van der Waals surface area contributed by atoms with E-state index in [4.69, 9.17) is 0 Å². The highest BCUT2D eigenvalue weighted by Gasteiger charge is 2.18. The molecule has 0 spiro atoms. The van der Waals surface area contributed by atoms with Crippen LogP contribution in [0.4, 0.5) is 0 Å². The third kappa shape index (κ3) is 4.35. The normalized spacial score (nSPS) is 20.8. The third-order valence-electron chi connectivity index (χ3n) is 3.79. The van der Waals surface area contributed by atoms with E-state index >= 15 is 0 Å². The predicted molar refractivity (Wildman–Crippen MR) is 77.9 cm³/mol. The van der Waals surface area contributed by atoms with Crippen LogP contribution in [0, 0.1) is 12.8 Å². The summed E-state index contributed by atoms with van der Waals surface area (Å²) in [4.78, 5) is 12.0. The van der Waals surface area contributed by atoms with Gasteiger partial charge < -0.3 is 10.6 Å². The summed E-state index contributed by atoms with van der Waals surface area (Å²) in [6, 6.07) is 8.40. The Bertz CT molecular complexity index is 425. The van der Waals surface area contributed by atoms with Crippen molar-refractivity contribution in [3.05, 3.63) is 35.4 Å². The molecular formula is C16H24N2O. The second-order valence-electron chi connectivity index (χ2n) is 5.62. The SMILES string of the molecule is Cc1cccc([C@@H](C)NC(=O)CC2CCCNC2)c1. The summed E-state index contributed by atoms with van der Waals surface area (Å²) >= 11 is 0. The average Bonchev–Trinajstić information content (AvgIpc) is 2.39. The van der Waals surface area contributed by atoms with E-state index in [2.05, 4.69) is 35.8 Å². The molecule has 0 saturated carbocycles. The van der Waals surface area contributed by atoms with Gasteiger partial charge in [-0.2, -0.15) is 0 Å². The summed E-state index contributed by atoms with van der Waals surface area (Å²) in [6.07, 6.45) is 2.99. The molecular weight excluding hydrogens is 236 g/mol. The van der Waals surface area contributed by atoms with E-state index in [0.29, 0.717) is 12.3 Å². The van der Waals surface area contributed by atoms with E-state index < -0.39 is 0 Å². The number of carbonyl (C=O) groups excluding carboxylic acids is 1. The first-order valence-electron chi connectivity index (χ1n) is 7.22. The van der Waals surface area contributed by atoms with Gasteiger partial charge in [0.05, 0.1) is 6.04 Å². The lowest BCUT2D eigenvalue weighted by Crippen LogP contribution is -2.35. The highest BCUT2D eigenvalue weighted by Crippen LogP contribution is 2.17. The van der Waals surface area contributed by atoms with Crippen LogP contribution in [0.25, 0.3) is 0 Å². The van der Waals surface area contributed by atoms with Crippen molar-refractivity contribution in [1.29, 1.82) is 0 Å². The molecule has 1 aliphatic rings. The van der Waals surface area contributed by atoms with Crippen LogP contribution in [0.3, 0.4) is 0 Å². The fourth-order valence-electron chi connectivity index (χ4n) is 2.68. The molecule has 2 rings (SSSR count). The average molecular weight is 260 g/mol. The van der Waals surface area contributed by atoms with E-state index in [1.807, 2.05) is 13.0 Å². The third-order valence-corrected chi connectivity index (χ3v) is 3.79. The van der Waals surface area contributed by atoms with Gasteiger partial charge >= 0.3 is 0 Å². The number of hydrogen-bond acceptors (Lipinski definition) is 2. The molecule has 1 amide bonds. The van der Waals surface area contributed by atoms with Crippen molar-refractivity contribution in [2.45, 2.75) is 39.2 Å². The Labute approximate surface area is 115 Å². The molecule has 0 bridgehead atoms. The monoisotopic (exact) mass is 260 g/mol. The minimum Gasteiger partial charge on any atom is -0.350 e. The van der Waals surface area contributed by atoms with Crippen LogP contribution in [0.1, 0.15) is 43.4 Å². The molecule has 0 radical (unpaired) electrons. The van der Waals surface area contributed by atoms with Crippen molar-refractivity contribution in [3.63, 3.8) is 0 Å². The Hall–Kier alpha value is -1.35. The number of aryl methyl sites for hydroxylation is 1. The van der Waals surface area contributed by atoms with E-state index in [1.54, 1.807) is 0 Å². The lowest BCUT2D eigenvalue weighted by molar-refractivity contribution is -0.122. The van der Waals surface area contributed by atoms with Gasteiger partial charge in [-0.3, -0.25) is 4.79 Å². The molecule has 1 aromatic rings. The quantitative estimate of drug-likeness (QED) is 0.873. The van der Waals surface area contributed by atoms with Crippen molar-refractivity contribution in [1.82, 2.24) is 10.6 Å². The van der Waals surface area contributed by atoms with Crippen molar-refractivity contribution >= 4 is 5.91 Å². The zero-order chi connectivity index (χ0) is 13.7. The topological polar surface area (TPSA) is 41.1 Å². The predicted octanol–water partition coefficient (Wildman–Crippen LogP) is 2.56. The molecule has 1 heterocycles. The molecule has 0 aliphatic carbocycles. The zero-order valence-electron chi connectivity index (χ0n) is 11.9. The number of benzene rings is 1. The van der Waals surface area contributed by atoms with E-state index in [1.165, 1.54) is 24.0 Å². The molecule has 0 aromatic heterocycles. The second-order valence-corrected chi connectivity index (χ2v) is 5.62. The van der Waals surface area contributed by atoms with Gasteiger partial charge in [0.15, 0.2) is 0 Å². The van der Waals surface area contributed by atoms with Crippen LogP contribution in [0.2, 0.25) is 0 Å². The Morgan fingerprint density at radius 1 is 1.53 bits per heavy atom. The van der Waals surface area contributed by atoms with Gasteiger partial charge in [0.1, 0.15) is 0 Å². The highest BCUT2D eigenvalue weighted by molar-refractivity contribution is 5.76. The molecule has 2 N–H and O–H groups in total. The fraction of sp³-hybridized carbons (Fsp3) is 0.562. The number of hydrogen-bond donors (Lipinski definition) is 2. The molecule has 19 heavy (non-hydrogen) atoms. The highest BCUT2D eigenvalue weighted by atomic mass is 16.1. The van der Waals surface area contributed by atoms with E-state index in [0.717, 1.165) is 13.1 Å². The largest absolute Gasteiger partial charge is 0.350 e. The maximum atomic E-state index is 12.0. The Balaban J connectivity index is 1.84. The number of nitrogens with one attached hydrogen (secondary N) is 2. The summed E-state index contributed by atoms with van der Waals surface area (Å²) in [5.74, 6) is 0.668. The molecule has 1 aliphatic heterocycles. The smallest absolute Gasteiger partial charge is 0.220 e. The molecule has 1 fully saturated rings. The molecule has 1 saturated heterocycles. The maximum absolute atomic E-state index is 12.0. The summed E-state index contributed by atoms with van der Waals surface area (Å²) < 4.78 is 0. The minimum atomic E-state index is 0.0870. The van der Waals surface area contributed by atoms with E-state index in [9.17, 15) is 4.79 Å². The van der Waals surface area contributed by atoms with Gasteiger partial charge in [-0.05, 0) is 51.3 Å². The maximum Gasteiger partial charge on any atom is 0.220 e. The van der Waals surface area contributed by atoms with Gasteiger partial charge in [0, 0.05) is 6.42 Å². The fourth-order valence-corrected chi connectivity index (χ4v) is 2.68. The first-order chi connectivity index (χ1) is 9.15. The van der Waals surface area contributed by atoms with Crippen molar-refractivity contribution < 1.29 is 4.79 Å². The van der Waals surface area contributed by atoms with Crippen LogP contribution < -0.4 is 10.6 Å². The van der Waals surface area contributed by atoms with Crippen LogP contribution in [0.5, 0.6) is 0 Å². The summed E-state index contributed by atoms with van der Waals surface area (Å²) in [6.45, 7) is 6.20. The summed E-state index contributed by atoms with van der Waals surface area (Å²) in [5.41, 5.74) is 2.41. The Morgan fingerprint density at radius 2 is 2.37 bits per heavy atom. The molecule has 3 nitrogen and oxygen atoms in total. The lowest BCUT2D eigenvalue weighted by atomic mass is 9.95.